The highest BCUT2D eigenvalue weighted by Gasteiger charge is 2.32. The van der Waals surface area contributed by atoms with Gasteiger partial charge in [-0.25, -0.2) is 13.8 Å². The van der Waals surface area contributed by atoms with Crippen molar-refractivity contribution in [3.8, 4) is 5.75 Å². The molecule has 0 N–H and O–H groups in total. The Hall–Kier alpha value is -3.28. The van der Waals surface area contributed by atoms with Crippen LogP contribution in [0, 0.1) is 11.6 Å². The maximum Gasteiger partial charge on any atom is 0.137 e. The first-order valence-electron chi connectivity index (χ1n) is 11.3. The van der Waals surface area contributed by atoms with Gasteiger partial charge in [-0.15, -0.1) is 0 Å². The summed E-state index contributed by atoms with van der Waals surface area (Å²) in [6, 6.07) is 11.3. The minimum atomic E-state index is -0.791. The Labute approximate surface area is 194 Å². The summed E-state index contributed by atoms with van der Waals surface area (Å²) in [7, 11) is 0. The number of halogens is 2. The van der Waals surface area contributed by atoms with Crippen LogP contribution >= 0.6 is 0 Å². The van der Waals surface area contributed by atoms with Crippen molar-refractivity contribution < 1.29 is 13.5 Å². The summed E-state index contributed by atoms with van der Waals surface area (Å²) < 4.78 is 35.8. The molecule has 0 amide bonds. The summed E-state index contributed by atoms with van der Waals surface area (Å²) in [6.07, 6.45) is 11.7. The molecule has 0 aliphatic carbocycles. The first-order valence-corrected chi connectivity index (χ1v) is 11.3. The summed E-state index contributed by atoms with van der Waals surface area (Å²) in [5, 5.41) is 4.14. The van der Waals surface area contributed by atoms with Gasteiger partial charge in [0, 0.05) is 11.5 Å². The van der Waals surface area contributed by atoms with Gasteiger partial charge in [0.2, 0.25) is 0 Å². The van der Waals surface area contributed by atoms with Crippen LogP contribution in [0.4, 0.5) is 8.78 Å². The summed E-state index contributed by atoms with van der Waals surface area (Å²) in [5.74, 6) is -0.556. The fourth-order valence-corrected chi connectivity index (χ4v) is 3.68. The molecule has 0 radical (unpaired) electrons. The molecule has 0 aliphatic heterocycles. The van der Waals surface area contributed by atoms with Gasteiger partial charge in [-0.3, -0.25) is 4.68 Å². The molecule has 0 saturated heterocycles. The van der Waals surface area contributed by atoms with Crippen LogP contribution in [0.5, 0.6) is 5.75 Å². The minimum Gasteiger partial charge on any atom is -0.493 e. The highest BCUT2D eigenvalue weighted by atomic mass is 19.1. The molecule has 0 fully saturated rings. The lowest BCUT2D eigenvalue weighted by Gasteiger charge is -2.30. The molecule has 1 aromatic heterocycles. The smallest absolute Gasteiger partial charge is 0.137 e. The predicted octanol–water partition coefficient (Wildman–Crippen LogP) is 6.74. The third kappa shape index (κ3) is 7.11. The molecule has 1 heterocycles. The topological polar surface area (TPSA) is 39.9 Å². The van der Waals surface area contributed by atoms with Crippen LogP contribution < -0.4 is 4.74 Å². The van der Waals surface area contributed by atoms with E-state index in [1.54, 1.807) is 11.0 Å². The molecule has 33 heavy (non-hydrogen) atoms. The summed E-state index contributed by atoms with van der Waals surface area (Å²) in [5.41, 5.74) is 1.74. The number of ether oxygens (including phenoxy) is 1. The predicted molar refractivity (Wildman–Crippen MR) is 128 cm³/mol. The zero-order chi connectivity index (χ0) is 23.7. The van der Waals surface area contributed by atoms with Gasteiger partial charge in [0.05, 0.1) is 13.2 Å². The second kappa shape index (κ2) is 11.5. The van der Waals surface area contributed by atoms with Crippen molar-refractivity contribution in [2.75, 3.05) is 6.61 Å². The molecule has 0 spiro atoms. The van der Waals surface area contributed by atoms with Crippen molar-refractivity contribution in [2.45, 2.75) is 51.5 Å². The van der Waals surface area contributed by atoms with Crippen molar-refractivity contribution in [3.63, 3.8) is 0 Å². The van der Waals surface area contributed by atoms with E-state index in [4.69, 9.17) is 4.74 Å². The average molecular weight is 452 g/mol. The van der Waals surface area contributed by atoms with Gasteiger partial charge < -0.3 is 4.74 Å². The molecular formula is C27H31F2N3O. The van der Waals surface area contributed by atoms with E-state index in [2.05, 4.69) is 29.7 Å². The number of allylic oxidation sites excluding steroid dienone is 2. The molecule has 0 bridgehead atoms. The Kier molecular flexibility index (Phi) is 8.52. The van der Waals surface area contributed by atoms with E-state index < -0.39 is 17.0 Å². The zero-order valence-electron chi connectivity index (χ0n) is 19.3. The third-order valence-corrected chi connectivity index (χ3v) is 5.61. The van der Waals surface area contributed by atoms with E-state index in [0.717, 1.165) is 30.0 Å². The molecule has 3 aromatic rings. The van der Waals surface area contributed by atoms with Crippen LogP contribution in [-0.2, 0) is 12.0 Å². The second-order valence-electron chi connectivity index (χ2n) is 8.58. The number of unbranched alkanes of at least 4 members (excludes halogenated alkanes) is 2. The minimum absolute atomic E-state index is 0.179. The van der Waals surface area contributed by atoms with Gasteiger partial charge in [0.1, 0.15) is 30.0 Å². The highest BCUT2D eigenvalue weighted by Crippen LogP contribution is 2.30. The number of nitrogens with zero attached hydrogens (tertiary/aromatic N) is 3. The van der Waals surface area contributed by atoms with Gasteiger partial charge in [-0.2, -0.15) is 5.10 Å². The van der Waals surface area contributed by atoms with E-state index in [9.17, 15) is 8.78 Å². The summed E-state index contributed by atoms with van der Waals surface area (Å²) in [6.45, 7) is 8.68. The molecule has 4 nitrogen and oxygen atoms in total. The fraction of sp³-hybridized carbons (Fsp3) is 0.333. The Morgan fingerprint density at radius 1 is 1.15 bits per heavy atom. The molecule has 2 aromatic carbocycles. The summed E-state index contributed by atoms with van der Waals surface area (Å²) >= 11 is 0. The lowest BCUT2D eigenvalue weighted by Crippen LogP contribution is -2.36. The average Bonchev–Trinajstić information content (AvgIpc) is 3.30. The molecule has 0 aliphatic rings. The van der Waals surface area contributed by atoms with E-state index >= 15 is 0 Å². The Morgan fingerprint density at radius 2 is 1.94 bits per heavy atom. The van der Waals surface area contributed by atoms with E-state index in [0.29, 0.717) is 17.9 Å². The van der Waals surface area contributed by atoms with Crippen LogP contribution in [0.15, 0.2) is 73.3 Å². The van der Waals surface area contributed by atoms with Crippen molar-refractivity contribution in [1.29, 1.82) is 0 Å². The van der Waals surface area contributed by atoms with E-state index in [1.165, 1.54) is 31.3 Å². The molecule has 6 heteroatoms. The van der Waals surface area contributed by atoms with Crippen molar-refractivity contribution >= 4 is 6.08 Å². The number of hydrogen-bond donors (Lipinski definition) is 0. The van der Waals surface area contributed by atoms with Crippen LogP contribution in [0.3, 0.4) is 0 Å². The number of rotatable bonds is 12. The maximum absolute atomic E-state index is 14.6. The zero-order valence-corrected chi connectivity index (χ0v) is 19.3. The SMILES string of the molecule is C=C(/C=C/c1ccc(OCC(C)(Cn2cncn2)c2ccc(F)cc2F)cc1)CCCCC. The van der Waals surface area contributed by atoms with Crippen LogP contribution in [-0.4, -0.2) is 21.4 Å². The fourth-order valence-electron chi connectivity index (χ4n) is 3.68. The molecule has 3 rings (SSSR count). The quantitative estimate of drug-likeness (QED) is 0.226. The highest BCUT2D eigenvalue weighted by molar-refractivity contribution is 5.53. The molecule has 1 unspecified atom stereocenters. The normalized spacial score (nSPS) is 13.2. The number of hydrogen-bond acceptors (Lipinski definition) is 3. The Bertz CT molecular complexity index is 1060. The lowest BCUT2D eigenvalue weighted by atomic mass is 9.82. The van der Waals surface area contributed by atoms with Gasteiger partial charge in [-0.1, -0.05) is 69.2 Å². The Morgan fingerprint density at radius 3 is 2.61 bits per heavy atom. The van der Waals surface area contributed by atoms with E-state index in [1.807, 2.05) is 37.3 Å². The monoisotopic (exact) mass is 451 g/mol. The number of aromatic nitrogens is 3. The molecule has 1 atom stereocenters. The van der Waals surface area contributed by atoms with Crippen molar-refractivity contribution in [1.82, 2.24) is 14.8 Å². The van der Waals surface area contributed by atoms with Gasteiger partial charge in [-0.05, 0) is 42.2 Å². The number of benzene rings is 2. The van der Waals surface area contributed by atoms with Crippen molar-refractivity contribution in [2.24, 2.45) is 0 Å². The standard InChI is InChI=1S/C27H31F2N3O/c1-4-5-6-7-21(2)8-9-22-10-13-24(14-11-22)33-18-27(3,17-32-20-30-19-31-32)25-15-12-23(28)16-26(25)29/h8-16,19-20H,2,4-7,17-18H2,1,3H3/b9-8+. The maximum atomic E-state index is 14.6. The van der Waals surface area contributed by atoms with Gasteiger partial charge in [0.15, 0.2) is 0 Å². The first-order chi connectivity index (χ1) is 15.9. The van der Waals surface area contributed by atoms with Gasteiger partial charge in [0.25, 0.3) is 0 Å². The van der Waals surface area contributed by atoms with Crippen LogP contribution in [0.1, 0.15) is 50.7 Å². The largest absolute Gasteiger partial charge is 0.493 e. The molecular weight excluding hydrogens is 420 g/mol. The van der Waals surface area contributed by atoms with Crippen LogP contribution in [0.25, 0.3) is 6.08 Å². The lowest BCUT2D eigenvalue weighted by molar-refractivity contribution is 0.199. The van der Waals surface area contributed by atoms with Gasteiger partial charge >= 0.3 is 0 Å². The second-order valence-corrected chi connectivity index (χ2v) is 8.58. The Balaban J connectivity index is 1.68. The van der Waals surface area contributed by atoms with Crippen molar-refractivity contribution in [3.05, 3.63) is 96.1 Å². The molecule has 174 valence electrons. The van der Waals surface area contributed by atoms with E-state index in [-0.39, 0.29) is 6.61 Å². The van der Waals surface area contributed by atoms with Crippen LogP contribution in [0.2, 0.25) is 0 Å². The summed E-state index contributed by atoms with van der Waals surface area (Å²) in [4.78, 5) is 3.96. The molecule has 0 saturated carbocycles. The first kappa shape index (κ1) is 24.4. The third-order valence-electron chi connectivity index (χ3n) is 5.61.